The number of hydrogen-bond acceptors (Lipinski definition) is 16. The van der Waals surface area contributed by atoms with E-state index >= 15 is 0 Å². The van der Waals surface area contributed by atoms with Gasteiger partial charge >= 0.3 is 35.8 Å². The third kappa shape index (κ3) is 83.4. The van der Waals surface area contributed by atoms with Crippen molar-refractivity contribution in [3.05, 3.63) is 72.9 Å². The average molecular weight is 1660 g/mol. The molecule has 16 heteroatoms. The minimum Gasteiger partial charge on any atom is -0.466 e. The standard InChI is InChI=1S/C102H186N4O12/c1-10-16-22-28-40-52-64-76-100(110)116-94(70-58-25-19-13-4)73-61-49-43-34-31-37-46-55-67-91-113-97(107)79-82-103(7)85-88-106(89-86-104(8)83-80-98(108)114-92-68-56-47-38-32-35-44-50-62-74-95(71-59-26-20-14-5)117-101(111)77-65-53-41-29-23-17-11-2)90-87-105(9)84-81-99(109)115-93-69-57-48-39-33-36-45-51-63-75-96(72-60-27-21-15-6)118-102(112)78-66-54-42-30-24-18-12-3/h40-42,49-54,61-63,94-96H,10-39,43-48,55-60,64-93H2,1-9H3/b52-40-,53-41-,54-42-,61-49-,62-50-,63-51-. The number of likely N-dealkylation sites (N-methyl/N-ethyl adjacent to an activating group) is 3. The first-order valence-electron chi connectivity index (χ1n) is 49.4. The minimum absolute atomic E-state index is 0.0345. The van der Waals surface area contributed by atoms with E-state index in [-0.39, 0.29) is 54.1 Å². The van der Waals surface area contributed by atoms with E-state index in [1.54, 1.807) is 0 Å². The van der Waals surface area contributed by atoms with Crippen molar-refractivity contribution < 1.29 is 57.2 Å². The van der Waals surface area contributed by atoms with E-state index in [0.717, 1.165) is 232 Å². The first-order chi connectivity index (χ1) is 57.7. The smallest absolute Gasteiger partial charge is 0.307 e. The zero-order chi connectivity index (χ0) is 86.1. The van der Waals surface area contributed by atoms with Gasteiger partial charge in [-0.1, -0.05) is 288 Å². The van der Waals surface area contributed by atoms with Gasteiger partial charge in [0, 0.05) is 97.4 Å². The number of hydrogen-bond donors (Lipinski definition) is 0. The van der Waals surface area contributed by atoms with Crippen LogP contribution in [0.25, 0.3) is 0 Å². The summed E-state index contributed by atoms with van der Waals surface area (Å²) in [5.74, 6) is -0.682. The lowest BCUT2D eigenvalue weighted by molar-refractivity contribution is -0.150. The van der Waals surface area contributed by atoms with Gasteiger partial charge in [0.1, 0.15) is 18.3 Å². The van der Waals surface area contributed by atoms with Crippen molar-refractivity contribution in [3.8, 4) is 0 Å². The molecule has 118 heavy (non-hydrogen) atoms. The largest absolute Gasteiger partial charge is 0.466 e. The number of rotatable bonds is 90. The van der Waals surface area contributed by atoms with Crippen LogP contribution in [0, 0.1) is 0 Å². The van der Waals surface area contributed by atoms with Gasteiger partial charge in [0.05, 0.1) is 39.1 Å². The molecule has 3 unspecified atom stereocenters. The first-order valence-corrected chi connectivity index (χ1v) is 49.4. The topological polar surface area (TPSA) is 171 Å². The second kappa shape index (κ2) is 89.8. The predicted octanol–water partition coefficient (Wildman–Crippen LogP) is 26.3. The van der Waals surface area contributed by atoms with E-state index in [4.69, 9.17) is 28.4 Å². The Morgan fingerprint density at radius 3 is 0.695 bits per heavy atom. The van der Waals surface area contributed by atoms with Gasteiger partial charge in [-0.25, -0.2) is 0 Å². The summed E-state index contributed by atoms with van der Waals surface area (Å²) in [5, 5.41) is 0. The van der Waals surface area contributed by atoms with Gasteiger partial charge in [0.15, 0.2) is 0 Å². The SMILES string of the molecule is CCCCC/C=C\CCC(=O)OC(C/C=C\CCCCCCCCOC(=O)CCN(C)CCN(CCN(C)CCC(=O)OCCCCCCCC/C=C\CC(CCCCCC)OC(=O)CC/C=C\CCCCC)CCN(C)CCC(=O)OCCCCCCCC/C=C\CC(CCCCCC)OC(=O)CC/C=C\CCCCC)CCCCCC. The number of carbonyl (C=O) groups excluding carboxylic acids is 6. The van der Waals surface area contributed by atoms with E-state index in [9.17, 15) is 28.8 Å². The van der Waals surface area contributed by atoms with Crippen molar-refractivity contribution in [3.63, 3.8) is 0 Å². The maximum absolute atomic E-state index is 12.9. The Bertz CT molecular complexity index is 2200. The van der Waals surface area contributed by atoms with Crippen molar-refractivity contribution in [1.29, 1.82) is 0 Å². The number of ether oxygens (including phenoxy) is 6. The van der Waals surface area contributed by atoms with Crippen molar-refractivity contribution in [2.75, 3.05) is 99.9 Å². The lowest BCUT2D eigenvalue weighted by Crippen LogP contribution is -2.42. The Kier molecular flexibility index (Phi) is 86.1. The Balaban J connectivity index is 5.07. The molecule has 0 bridgehead atoms. The van der Waals surface area contributed by atoms with Crippen LogP contribution in [-0.2, 0) is 57.2 Å². The van der Waals surface area contributed by atoms with Crippen LogP contribution in [-0.4, -0.2) is 174 Å². The van der Waals surface area contributed by atoms with Crippen LogP contribution < -0.4 is 0 Å². The molecule has 0 heterocycles. The van der Waals surface area contributed by atoms with E-state index in [2.05, 4.69) is 155 Å². The van der Waals surface area contributed by atoms with Gasteiger partial charge in [-0.05, 0) is 175 Å². The summed E-state index contributed by atoms with van der Waals surface area (Å²) >= 11 is 0. The summed E-state index contributed by atoms with van der Waals surface area (Å²) in [6.07, 6.45) is 87.4. The van der Waals surface area contributed by atoms with Gasteiger partial charge < -0.3 is 43.1 Å². The van der Waals surface area contributed by atoms with E-state index < -0.39 is 0 Å². The molecule has 0 radical (unpaired) electrons. The third-order valence-electron chi connectivity index (χ3n) is 22.3. The van der Waals surface area contributed by atoms with Gasteiger partial charge in [0.2, 0.25) is 0 Å². The second-order valence-corrected chi connectivity index (χ2v) is 33.9. The van der Waals surface area contributed by atoms with Gasteiger partial charge in [0.25, 0.3) is 0 Å². The Labute approximate surface area is 726 Å². The summed E-state index contributed by atoms with van der Waals surface area (Å²) in [4.78, 5) is 85.8. The maximum atomic E-state index is 12.9. The average Bonchev–Trinajstić information content (AvgIpc) is 0.608. The predicted molar refractivity (Wildman–Crippen MR) is 497 cm³/mol. The molecule has 0 spiro atoms. The Morgan fingerprint density at radius 1 is 0.220 bits per heavy atom. The molecule has 0 saturated carbocycles. The molecule has 0 aromatic rings. The van der Waals surface area contributed by atoms with Crippen LogP contribution in [0.1, 0.15) is 427 Å². The molecule has 0 saturated heterocycles. The van der Waals surface area contributed by atoms with Gasteiger partial charge in [-0.15, -0.1) is 0 Å². The number of unbranched alkanes of at least 4 members (excludes halogenated alkanes) is 36. The molecule has 0 aliphatic heterocycles. The molecule has 0 aromatic heterocycles. The molecule has 3 atom stereocenters. The lowest BCUT2D eigenvalue weighted by Gasteiger charge is -2.29. The van der Waals surface area contributed by atoms with Crippen LogP contribution >= 0.6 is 0 Å². The molecule has 0 aliphatic rings. The molecular weight excluding hydrogens is 1470 g/mol. The van der Waals surface area contributed by atoms with Crippen LogP contribution in [0.2, 0.25) is 0 Å². The number of esters is 6. The van der Waals surface area contributed by atoms with Crippen molar-refractivity contribution >= 4 is 35.8 Å². The maximum Gasteiger partial charge on any atom is 0.307 e. The summed E-state index contributed by atoms with van der Waals surface area (Å²) in [6, 6.07) is 0. The summed E-state index contributed by atoms with van der Waals surface area (Å²) < 4.78 is 34.9. The zero-order valence-electron chi connectivity index (χ0n) is 78.3. The van der Waals surface area contributed by atoms with Crippen molar-refractivity contribution in [2.45, 2.75) is 445 Å². The van der Waals surface area contributed by atoms with Crippen LogP contribution in [0.4, 0.5) is 0 Å². The molecule has 0 fully saturated rings. The highest BCUT2D eigenvalue weighted by molar-refractivity contribution is 5.71. The summed E-state index contributed by atoms with van der Waals surface area (Å²) in [7, 11) is 6.20. The third-order valence-corrected chi connectivity index (χ3v) is 22.3. The molecule has 686 valence electrons. The van der Waals surface area contributed by atoms with E-state index in [1.807, 2.05) is 0 Å². The molecule has 16 nitrogen and oxygen atoms in total. The quantitative estimate of drug-likeness (QED) is 0.0244. The fourth-order valence-corrected chi connectivity index (χ4v) is 14.2. The summed E-state index contributed by atoms with van der Waals surface area (Å²) in [6.45, 7) is 21.3. The molecule has 0 amide bonds. The Morgan fingerprint density at radius 2 is 0.432 bits per heavy atom. The molecule has 0 N–H and O–H groups in total. The Hall–Kier alpha value is -4.90. The fourth-order valence-electron chi connectivity index (χ4n) is 14.2. The monoisotopic (exact) mass is 1660 g/mol. The van der Waals surface area contributed by atoms with Gasteiger partial charge in [-0.3, -0.25) is 33.7 Å². The lowest BCUT2D eigenvalue weighted by atomic mass is 10.1. The van der Waals surface area contributed by atoms with Crippen LogP contribution in [0.15, 0.2) is 72.9 Å². The summed E-state index contributed by atoms with van der Waals surface area (Å²) in [5.41, 5.74) is 0. The van der Waals surface area contributed by atoms with Crippen molar-refractivity contribution in [2.24, 2.45) is 0 Å². The van der Waals surface area contributed by atoms with Crippen molar-refractivity contribution in [1.82, 2.24) is 19.6 Å². The zero-order valence-corrected chi connectivity index (χ0v) is 78.3. The number of nitrogens with zero attached hydrogens (tertiary/aromatic N) is 4. The van der Waals surface area contributed by atoms with E-state index in [1.165, 1.54) is 154 Å². The number of carbonyl (C=O) groups is 6. The molecule has 0 aliphatic carbocycles. The highest BCUT2D eigenvalue weighted by atomic mass is 16.6. The fraction of sp³-hybridized carbons (Fsp3) is 0.824. The van der Waals surface area contributed by atoms with Crippen LogP contribution in [0.5, 0.6) is 0 Å². The number of allylic oxidation sites excluding steroid dienone is 9. The highest BCUT2D eigenvalue weighted by Crippen LogP contribution is 2.20. The second-order valence-electron chi connectivity index (χ2n) is 33.9. The minimum atomic E-state index is -0.151. The molecule has 0 aromatic carbocycles. The van der Waals surface area contributed by atoms with E-state index in [0.29, 0.717) is 78.0 Å². The molecular formula is C102H186N4O12. The van der Waals surface area contributed by atoms with Crippen LogP contribution in [0.3, 0.4) is 0 Å². The normalized spacial score (nSPS) is 12.9. The first kappa shape index (κ1) is 113. The molecule has 0 rings (SSSR count). The van der Waals surface area contributed by atoms with Gasteiger partial charge in [-0.2, -0.15) is 0 Å². The highest BCUT2D eigenvalue weighted by Gasteiger charge is 2.18.